The monoisotopic (exact) mass is 223 g/mol. The van der Waals surface area contributed by atoms with Crippen molar-refractivity contribution in [2.75, 3.05) is 5.75 Å². The maximum atomic E-state index is 11.7. The summed E-state index contributed by atoms with van der Waals surface area (Å²) in [7, 11) is 0. The number of hydrogen-bond acceptors (Lipinski definition) is 4. The largest absolute Gasteiger partial charge is 0.273 e. The average molecular weight is 223 g/mol. The highest BCUT2D eigenvalue weighted by Gasteiger charge is 2.47. The fraction of sp³-hybridized carbons (Fsp3) is 0.300. The Morgan fingerprint density at radius 2 is 1.67 bits per heavy atom. The van der Waals surface area contributed by atoms with Crippen LogP contribution in [0.15, 0.2) is 24.3 Å². The zero-order valence-corrected chi connectivity index (χ0v) is 8.68. The number of carbonyl (C=O) groups excluding carboxylic acids is 3. The van der Waals surface area contributed by atoms with Crippen molar-refractivity contribution in [1.29, 1.82) is 0 Å². The van der Waals surface area contributed by atoms with Crippen molar-refractivity contribution >= 4 is 30.4 Å². The van der Waals surface area contributed by atoms with Crippen LogP contribution in [-0.4, -0.2) is 28.4 Å². The highest BCUT2D eigenvalue weighted by atomic mass is 32.1. The van der Waals surface area contributed by atoms with Crippen molar-refractivity contribution in [2.45, 2.75) is 0 Å². The number of rotatable bonds is 1. The molecule has 0 N–H and O–H groups in total. The summed E-state index contributed by atoms with van der Waals surface area (Å²) in [5.41, 5.74) is 0. The van der Waals surface area contributed by atoms with E-state index in [0.717, 1.165) is 0 Å². The van der Waals surface area contributed by atoms with Crippen LogP contribution < -0.4 is 0 Å². The number of nitrogens with zero attached hydrogens (tertiary/aromatic N) is 1. The molecule has 0 bridgehead atoms. The molecule has 2 atom stereocenters. The molecule has 1 saturated heterocycles. The molecular formula is C10H9NO3S. The molecule has 2 rings (SSSR count). The lowest BCUT2D eigenvalue weighted by Crippen LogP contribution is -2.37. The third kappa shape index (κ3) is 1.43. The van der Waals surface area contributed by atoms with Gasteiger partial charge in [0.15, 0.2) is 0 Å². The second kappa shape index (κ2) is 3.66. The third-order valence-corrected chi connectivity index (χ3v) is 2.80. The van der Waals surface area contributed by atoms with Crippen LogP contribution in [0.3, 0.4) is 0 Å². The minimum Gasteiger partial charge on any atom is -0.273 e. The van der Waals surface area contributed by atoms with Crippen LogP contribution in [0.5, 0.6) is 0 Å². The zero-order chi connectivity index (χ0) is 11.0. The molecule has 5 heteroatoms. The van der Waals surface area contributed by atoms with Crippen molar-refractivity contribution < 1.29 is 14.4 Å². The Hall–Kier alpha value is -1.36. The van der Waals surface area contributed by atoms with Gasteiger partial charge >= 0.3 is 0 Å². The molecule has 0 saturated carbocycles. The van der Waals surface area contributed by atoms with Crippen molar-refractivity contribution in [1.82, 2.24) is 4.90 Å². The number of allylic oxidation sites excluding steroid dienone is 2. The zero-order valence-electron chi connectivity index (χ0n) is 7.79. The van der Waals surface area contributed by atoms with E-state index in [4.69, 9.17) is 0 Å². The van der Waals surface area contributed by atoms with Gasteiger partial charge in [-0.1, -0.05) is 24.3 Å². The normalized spacial score (nSPS) is 28.5. The van der Waals surface area contributed by atoms with E-state index in [-0.39, 0.29) is 5.75 Å². The molecule has 2 aliphatic rings. The molecule has 15 heavy (non-hydrogen) atoms. The quantitative estimate of drug-likeness (QED) is 0.509. The second-order valence-electron chi connectivity index (χ2n) is 3.39. The molecule has 1 aliphatic carbocycles. The standard InChI is InChI=1S/C10H9NO3S/c12-8(5-15)11-9(13)6-3-1-2-4-7(6)10(11)14/h1-4,6-7,15H,5H2. The Bertz CT molecular complexity index is 369. The Morgan fingerprint density at radius 3 is 2.07 bits per heavy atom. The highest BCUT2D eigenvalue weighted by Crippen LogP contribution is 2.30. The number of thiol groups is 1. The van der Waals surface area contributed by atoms with E-state index < -0.39 is 29.6 Å². The Kier molecular flexibility index (Phi) is 2.48. The fourth-order valence-corrected chi connectivity index (χ4v) is 1.94. The maximum absolute atomic E-state index is 11.7. The summed E-state index contributed by atoms with van der Waals surface area (Å²) in [5, 5.41) is 0. The predicted molar refractivity (Wildman–Crippen MR) is 56.0 cm³/mol. The molecule has 78 valence electrons. The highest BCUT2D eigenvalue weighted by molar-refractivity contribution is 7.81. The van der Waals surface area contributed by atoms with E-state index >= 15 is 0 Å². The number of hydrogen-bond donors (Lipinski definition) is 1. The van der Waals surface area contributed by atoms with Gasteiger partial charge in [0.2, 0.25) is 17.7 Å². The van der Waals surface area contributed by atoms with Gasteiger partial charge < -0.3 is 0 Å². The van der Waals surface area contributed by atoms with Gasteiger partial charge in [-0.2, -0.15) is 12.6 Å². The lowest BCUT2D eigenvalue weighted by atomic mass is 9.91. The van der Waals surface area contributed by atoms with Gasteiger partial charge in [0.25, 0.3) is 0 Å². The molecule has 0 spiro atoms. The van der Waals surface area contributed by atoms with E-state index in [1.165, 1.54) is 0 Å². The van der Waals surface area contributed by atoms with Gasteiger partial charge in [0, 0.05) is 0 Å². The summed E-state index contributed by atoms with van der Waals surface area (Å²) in [6.07, 6.45) is 6.72. The first kappa shape index (κ1) is 10.2. The number of carbonyl (C=O) groups is 3. The molecule has 0 aromatic rings. The predicted octanol–water partition coefficient (Wildman–Crippen LogP) is 0.170. The van der Waals surface area contributed by atoms with Crippen molar-refractivity contribution in [3.05, 3.63) is 24.3 Å². The van der Waals surface area contributed by atoms with Crippen LogP contribution in [0.2, 0.25) is 0 Å². The summed E-state index contributed by atoms with van der Waals surface area (Å²) in [5.74, 6) is -2.58. The van der Waals surface area contributed by atoms with Gasteiger partial charge in [0.05, 0.1) is 17.6 Å². The first-order chi connectivity index (χ1) is 7.16. The fourth-order valence-electron chi connectivity index (χ4n) is 1.80. The van der Waals surface area contributed by atoms with Gasteiger partial charge in [-0.3, -0.25) is 14.4 Å². The van der Waals surface area contributed by atoms with Crippen molar-refractivity contribution in [2.24, 2.45) is 11.8 Å². The Morgan fingerprint density at radius 1 is 1.20 bits per heavy atom. The first-order valence-electron chi connectivity index (χ1n) is 4.53. The molecule has 4 nitrogen and oxygen atoms in total. The average Bonchev–Trinajstić information content (AvgIpc) is 2.52. The molecule has 2 unspecified atom stereocenters. The molecule has 0 aromatic carbocycles. The van der Waals surface area contributed by atoms with E-state index in [1.807, 2.05) is 0 Å². The molecule has 3 amide bonds. The van der Waals surface area contributed by atoms with Gasteiger partial charge in [0.1, 0.15) is 0 Å². The third-order valence-electron chi connectivity index (χ3n) is 2.53. The maximum Gasteiger partial charge on any atom is 0.245 e. The van der Waals surface area contributed by atoms with Crippen molar-refractivity contribution in [3.63, 3.8) is 0 Å². The molecule has 1 fully saturated rings. The lowest BCUT2D eigenvalue weighted by molar-refractivity contribution is -0.148. The summed E-state index contributed by atoms with van der Waals surface area (Å²) < 4.78 is 0. The molecular weight excluding hydrogens is 214 g/mol. The number of fused-ring (bicyclic) bond motifs is 1. The summed E-state index contributed by atoms with van der Waals surface area (Å²) in [6.45, 7) is 0. The molecule has 1 aliphatic heterocycles. The van der Waals surface area contributed by atoms with Crippen LogP contribution in [0.1, 0.15) is 0 Å². The molecule has 0 radical (unpaired) electrons. The molecule has 0 aromatic heterocycles. The lowest BCUT2D eigenvalue weighted by Gasteiger charge is -2.09. The Labute approximate surface area is 92.0 Å². The van der Waals surface area contributed by atoms with Gasteiger partial charge in [-0.25, -0.2) is 4.90 Å². The van der Waals surface area contributed by atoms with Gasteiger partial charge in [-0.15, -0.1) is 0 Å². The SMILES string of the molecule is O=C(CS)N1C(=O)C2C=CC=CC2C1=O. The number of amides is 3. The summed E-state index contributed by atoms with van der Waals surface area (Å²) >= 11 is 3.77. The van der Waals surface area contributed by atoms with Gasteiger partial charge in [-0.05, 0) is 0 Å². The first-order valence-corrected chi connectivity index (χ1v) is 5.16. The van der Waals surface area contributed by atoms with Crippen LogP contribution in [-0.2, 0) is 14.4 Å². The van der Waals surface area contributed by atoms with E-state index in [2.05, 4.69) is 12.6 Å². The smallest absolute Gasteiger partial charge is 0.245 e. The van der Waals surface area contributed by atoms with E-state index in [9.17, 15) is 14.4 Å². The van der Waals surface area contributed by atoms with E-state index in [1.54, 1.807) is 24.3 Å². The summed E-state index contributed by atoms with van der Waals surface area (Å²) in [4.78, 5) is 35.5. The summed E-state index contributed by atoms with van der Waals surface area (Å²) in [6, 6.07) is 0. The van der Waals surface area contributed by atoms with E-state index in [0.29, 0.717) is 4.90 Å². The molecule has 1 heterocycles. The number of imide groups is 3. The van der Waals surface area contributed by atoms with Crippen LogP contribution >= 0.6 is 12.6 Å². The van der Waals surface area contributed by atoms with Crippen molar-refractivity contribution in [3.8, 4) is 0 Å². The second-order valence-corrected chi connectivity index (χ2v) is 3.70. The Balaban J connectivity index is 2.34. The van der Waals surface area contributed by atoms with Crippen LogP contribution in [0.4, 0.5) is 0 Å². The van der Waals surface area contributed by atoms with Crippen LogP contribution in [0, 0.1) is 11.8 Å². The minimum absolute atomic E-state index is 0.135. The minimum atomic E-state index is -0.551. The number of likely N-dealkylation sites (tertiary alicyclic amines) is 1. The topological polar surface area (TPSA) is 54.5 Å². The van der Waals surface area contributed by atoms with Crippen LogP contribution in [0.25, 0.3) is 0 Å².